The van der Waals surface area contributed by atoms with Gasteiger partial charge in [0.1, 0.15) is 0 Å². The van der Waals surface area contributed by atoms with E-state index in [1.54, 1.807) is 0 Å². The van der Waals surface area contributed by atoms with Crippen LogP contribution in [0.3, 0.4) is 0 Å². The molecule has 19 heavy (non-hydrogen) atoms. The lowest BCUT2D eigenvalue weighted by Crippen LogP contribution is -2.33. The zero-order chi connectivity index (χ0) is 14.1. The minimum Gasteiger partial charge on any atom is -0.379 e. The number of hydrogen-bond acceptors (Lipinski definition) is 2. The van der Waals surface area contributed by atoms with E-state index in [0.717, 1.165) is 30.5 Å². The average Bonchev–Trinajstić information content (AvgIpc) is 2.35. The minimum atomic E-state index is 0.317. The molecule has 0 heterocycles. The second-order valence-electron chi connectivity index (χ2n) is 5.19. The predicted octanol–water partition coefficient (Wildman–Crippen LogP) is 4.17. The normalized spacial score (nSPS) is 12.9. The standard InChI is InChI=1S/C16H26BrNO/c1-4-9-18-16(8-10-19-13(2)3)12-14-6-5-7-15(17)11-14/h5-7,11,13,16,18H,4,8-10,12H2,1-3H3. The molecule has 0 saturated heterocycles. The van der Waals surface area contributed by atoms with Gasteiger partial charge in [-0.3, -0.25) is 0 Å². The fourth-order valence-electron chi connectivity index (χ4n) is 2.02. The monoisotopic (exact) mass is 327 g/mol. The molecule has 1 atom stereocenters. The van der Waals surface area contributed by atoms with Crippen LogP contribution in [-0.4, -0.2) is 25.3 Å². The van der Waals surface area contributed by atoms with Crippen molar-refractivity contribution in [3.8, 4) is 0 Å². The number of halogens is 1. The maximum absolute atomic E-state index is 5.66. The summed E-state index contributed by atoms with van der Waals surface area (Å²) >= 11 is 3.53. The van der Waals surface area contributed by atoms with Gasteiger partial charge in [-0.15, -0.1) is 0 Å². The number of ether oxygens (including phenoxy) is 1. The van der Waals surface area contributed by atoms with Crippen LogP contribution >= 0.6 is 15.9 Å². The largest absolute Gasteiger partial charge is 0.379 e. The van der Waals surface area contributed by atoms with Crippen LogP contribution in [0.4, 0.5) is 0 Å². The highest BCUT2D eigenvalue weighted by molar-refractivity contribution is 9.10. The van der Waals surface area contributed by atoms with E-state index in [1.807, 2.05) is 0 Å². The second kappa shape index (κ2) is 9.51. The molecule has 1 aromatic rings. The summed E-state index contributed by atoms with van der Waals surface area (Å²) in [5, 5.41) is 3.62. The van der Waals surface area contributed by atoms with Crippen LogP contribution in [0.1, 0.15) is 39.2 Å². The molecule has 1 rings (SSSR count). The van der Waals surface area contributed by atoms with Crippen molar-refractivity contribution in [2.45, 2.75) is 52.2 Å². The molecular formula is C16H26BrNO. The molecule has 0 spiro atoms. The van der Waals surface area contributed by atoms with E-state index in [0.29, 0.717) is 12.1 Å². The van der Waals surface area contributed by atoms with E-state index in [1.165, 1.54) is 12.0 Å². The van der Waals surface area contributed by atoms with Crippen LogP contribution in [0.25, 0.3) is 0 Å². The summed E-state index contributed by atoms with van der Waals surface area (Å²) < 4.78 is 6.82. The molecule has 0 aliphatic carbocycles. The molecule has 108 valence electrons. The number of hydrogen-bond donors (Lipinski definition) is 1. The van der Waals surface area contributed by atoms with Gasteiger partial charge in [-0.1, -0.05) is 35.0 Å². The Kier molecular flexibility index (Phi) is 8.35. The zero-order valence-corrected chi connectivity index (χ0v) is 13.9. The highest BCUT2D eigenvalue weighted by atomic mass is 79.9. The van der Waals surface area contributed by atoms with E-state index in [4.69, 9.17) is 4.74 Å². The van der Waals surface area contributed by atoms with Gasteiger partial charge in [-0.05, 0) is 57.4 Å². The molecule has 0 aliphatic heterocycles. The average molecular weight is 328 g/mol. The number of nitrogens with one attached hydrogen (secondary N) is 1. The SMILES string of the molecule is CCCNC(CCOC(C)C)Cc1cccc(Br)c1. The molecule has 0 saturated carbocycles. The van der Waals surface area contributed by atoms with Gasteiger partial charge >= 0.3 is 0 Å². The first-order valence-corrected chi connectivity index (χ1v) is 8.00. The molecule has 1 N–H and O–H groups in total. The fraction of sp³-hybridized carbons (Fsp3) is 0.625. The van der Waals surface area contributed by atoms with Crippen LogP contribution < -0.4 is 5.32 Å². The molecular weight excluding hydrogens is 302 g/mol. The Labute approximate surface area is 126 Å². The number of rotatable bonds is 9. The van der Waals surface area contributed by atoms with Gasteiger partial charge in [0.05, 0.1) is 6.10 Å². The topological polar surface area (TPSA) is 21.3 Å². The molecule has 0 amide bonds. The summed E-state index contributed by atoms with van der Waals surface area (Å²) in [6.45, 7) is 8.27. The third kappa shape index (κ3) is 7.71. The maximum Gasteiger partial charge on any atom is 0.0518 e. The molecule has 3 heteroatoms. The van der Waals surface area contributed by atoms with Gasteiger partial charge in [-0.2, -0.15) is 0 Å². The number of benzene rings is 1. The van der Waals surface area contributed by atoms with E-state index < -0.39 is 0 Å². The van der Waals surface area contributed by atoms with Crippen LogP contribution in [0.2, 0.25) is 0 Å². The minimum absolute atomic E-state index is 0.317. The van der Waals surface area contributed by atoms with Crippen molar-refractivity contribution in [1.82, 2.24) is 5.32 Å². The molecule has 1 unspecified atom stereocenters. The predicted molar refractivity (Wildman–Crippen MR) is 85.6 cm³/mol. The summed E-state index contributed by atoms with van der Waals surface area (Å²) in [5.74, 6) is 0. The van der Waals surface area contributed by atoms with Crippen molar-refractivity contribution in [2.75, 3.05) is 13.2 Å². The summed E-state index contributed by atoms with van der Waals surface area (Å²) in [7, 11) is 0. The van der Waals surface area contributed by atoms with Crippen LogP contribution in [0, 0.1) is 0 Å². The van der Waals surface area contributed by atoms with Crippen molar-refractivity contribution >= 4 is 15.9 Å². The molecule has 0 bridgehead atoms. The van der Waals surface area contributed by atoms with E-state index in [9.17, 15) is 0 Å². The maximum atomic E-state index is 5.66. The summed E-state index contributed by atoms with van der Waals surface area (Å²) in [5.41, 5.74) is 1.37. The first-order valence-electron chi connectivity index (χ1n) is 7.21. The fourth-order valence-corrected chi connectivity index (χ4v) is 2.47. The van der Waals surface area contributed by atoms with Gasteiger partial charge in [-0.25, -0.2) is 0 Å². The van der Waals surface area contributed by atoms with Gasteiger partial charge < -0.3 is 10.1 Å². The lowest BCUT2D eigenvalue weighted by Gasteiger charge is -2.19. The van der Waals surface area contributed by atoms with Crippen molar-refractivity contribution in [3.63, 3.8) is 0 Å². The van der Waals surface area contributed by atoms with Gasteiger partial charge in [0, 0.05) is 17.1 Å². The molecule has 0 aromatic heterocycles. The second-order valence-corrected chi connectivity index (χ2v) is 6.11. The van der Waals surface area contributed by atoms with E-state index in [2.05, 4.69) is 66.3 Å². The molecule has 1 aromatic carbocycles. The lowest BCUT2D eigenvalue weighted by atomic mass is 10.0. The smallest absolute Gasteiger partial charge is 0.0518 e. The quantitative estimate of drug-likeness (QED) is 0.734. The molecule has 0 fully saturated rings. The van der Waals surface area contributed by atoms with E-state index in [-0.39, 0.29) is 0 Å². The third-order valence-electron chi connectivity index (χ3n) is 2.97. The van der Waals surface area contributed by atoms with Crippen LogP contribution in [-0.2, 0) is 11.2 Å². The lowest BCUT2D eigenvalue weighted by molar-refractivity contribution is 0.0715. The third-order valence-corrected chi connectivity index (χ3v) is 3.46. The van der Waals surface area contributed by atoms with Gasteiger partial charge in [0.15, 0.2) is 0 Å². The van der Waals surface area contributed by atoms with Crippen LogP contribution in [0.15, 0.2) is 28.7 Å². The first-order chi connectivity index (χ1) is 9.11. The Morgan fingerprint density at radius 2 is 2.11 bits per heavy atom. The Morgan fingerprint density at radius 1 is 1.32 bits per heavy atom. The van der Waals surface area contributed by atoms with Crippen molar-refractivity contribution < 1.29 is 4.74 Å². The summed E-state index contributed by atoms with van der Waals surface area (Å²) in [6, 6.07) is 9.05. The van der Waals surface area contributed by atoms with Crippen LogP contribution in [0.5, 0.6) is 0 Å². The van der Waals surface area contributed by atoms with Crippen molar-refractivity contribution in [3.05, 3.63) is 34.3 Å². The van der Waals surface area contributed by atoms with Crippen molar-refractivity contribution in [1.29, 1.82) is 0 Å². The zero-order valence-electron chi connectivity index (χ0n) is 12.3. The summed E-state index contributed by atoms with van der Waals surface area (Å²) in [6.07, 6.45) is 3.60. The molecule has 0 aliphatic rings. The van der Waals surface area contributed by atoms with Gasteiger partial charge in [0.25, 0.3) is 0 Å². The van der Waals surface area contributed by atoms with E-state index >= 15 is 0 Å². The Balaban J connectivity index is 2.48. The van der Waals surface area contributed by atoms with Crippen molar-refractivity contribution in [2.24, 2.45) is 0 Å². The first kappa shape index (κ1) is 16.7. The Hall–Kier alpha value is -0.380. The summed E-state index contributed by atoms with van der Waals surface area (Å²) in [4.78, 5) is 0. The molecule has 0 radical (unpaired) electrons. The molecule has 2 nitrogen and oxygen atoms in total. The highest BCUT2D eigenvalue weighted by Crippen LogP contribution is 2.14. The Morgan fingerprint density at radius 3 is 2.74 bits per heavy atom. The Bertz CT molecular complexity index is 354. The van der Waals surface area contributed by atoms with Gasteiger partial charge in [0.2, 0.25) is 0 Å². The highest BCUT2D eigenvalue weighted by Gasteiger charge is 2.09.